The molecule has 3 aromatic carbocycles. The minimum Gasteiger partial charge on any atom is -0.493 e. The highest BCUT2D eigenvalue weighted by molar-refractivity contribution is 7.89. The molecular weight excluding hydrogens is 404 g/mol. The van der Waals surface area contributed by atoms with E-state index >= 15 is 0 Å². The number of ether oxygens (including phenoxy) is 2. The Hall–Kier alpha value is -3.36. The summed E-state index contributed by atoms with van der Waals surface area (Å²) in [6, 6.07) is 22.2. The van der Waals surface area contributed by atoms with Crippen molar-refractivity contribution in [2.75, 3.05) is 19.0 Å². The highest BCUT2D eigenvalue weighted by Crippen LogP contribution is 2.25. The predicted octanol–water partition coefficient (Wildman–Crippen LogP) is 3.19. The number of sulfonamides is 1. The molecule has 8 heteroatoms. The average Bonchev–Trinajstić information content (AvgIpc) is 2.77. The lowest BCUT2D eigenvalue weighted by molar-refractivity contribution is -0.118. The second-order valence-corrected chi connectivity index (χ2v) is 8.09. The zero-order chi connectivity index (χ0) is 21.4. The summed E-state index contributed by atoms with van der Waals surface area (Å²) < 4.78 is 38.1. The maximum absolute atomic E-state index is 12.4. The van der Waals surface area contributed by atoms with Gasteiger partial charge in [-0.3, -0.25) is 4.79 Å². The van der Waals surface area contributed by atoms with Gasteiger partial charge in [0.1, 0.15) is 0 Å². The molecule has 0 heterocycles. The molecule has 0 aliphatic carbocycles. The van der Waals surface area contributed by atoms with E-state index in [1.807, 2.05) is 30.3 Å². The molecule has 1 amide bonds. The molecule has 0 aliphatic heterocycles. The largest absolute Gasteiger partial charge is 0.493 e. The zero-order valence-electron chi connectivity index (χ0n) is 16.4. The van der Waals surface area contributed by atoms with Crippen molar-refractivity contribution >= 4 is 21.6 Å². The quantitative estimate of drug-likeness (QED) is 0.548. The molecule has 2 N–H and O–H groups in total. The number of hydrogen-bond acceptors (Lipinski definition) is 5. The monoisotopic (exact) mass is 426 g/mol. The van der Waals surface area contributed by atoms with Gasteiger partial charge in [0.15, 0.2) is 18.1 Å². The number of anilines is 1. The molecule has 0 aromatic heterocycles. The molecule has 30 heavy (non-hydrogen) atoms. The Morgan fingerprint density at radius 2 is 1.50 bits per heavy atom. The van der Waals surface area contributed by atoms with Crippen LogP contribution in [0, 0.1) is 0 Å². The smallest absolute Gasteiger partial charge is 0.262 e. The molecule has 0 radical (unpaired) electrons. The van der Waals surface area contributed by atoms with Crippen LogP contribution < -0.4 is 19.5 Å². The summed E-state index contributed by atoms with van der Waals surface area (Å²) in [6.45, 7) is -0.0129. The van der Waals surface area contributed by atoms with E-state index in [-0.39, 0.29) is 24.0 Å². The van der Waals surface area contributed by atoms with Crippen molar-refractivity contribution in [2.45, 2.75) is 11.4 Å². The molecule has 0 unspecified atom stereocenters. The first-order valence-electron chi connectivity index (χ1n) is 9.17. The topological polar surface area (TPSA) is 93.7 Å². The summed E-state index contributed by atoms with van der Waals surface area (Å²) in [6.07, 6.45) is 0. The lowest BCUT2D eigenvalue weighted by Gasteiger charge is -2.11. The number of benzene rings is 3. The van der Waals surface area contributed by atoms with Crippen LogP contribution in [-0.2, 0) is 21.4 Å². The van der Waals surface area contributed by atoms with Crippen molar-refractivity contribution in [3.63, 3.8) is 0 Å². The van der Waals surface area contributed by atoms with Crippen LogP contribution in [0.1, 0.15) is 5.56 Å². The normalized spacial score (nSPS) is 11.0. The van der Waals surface area contributed by atoms with Gasteiger partial charge in [-0.1, -0.05) is 42.5 Å². The van der Waals surface area contributed by atoms with Gasteiger partial charge >= 0.3 is 0 Å². The molecule has 156 valence electrons. The fraction of sp³-hybridized carbons (Fsp3) is 0.136. The number of nitrogens with one attached hydrogen (secondary N) is 2. The number of hydrogen-bond donors (Lipinski definition) is 2. The number of amides is 1. The standard InChI is InChI=1S/C22H22N2O5S/c1-28-20-9-5-6-10-21(20)29-16-22(25)24-18-11-13-19(14-12-18)30(26,27)23-15-17-7-3-2-4-8-17/h2-14,23H,15-16H2,1H3,(H,24,25). The van der Waals surface area contributed by atoms with Gasteiger partial charge in [-0.2, -0.15) is 0 Å². The molecule has 3 aromatic rings. The van der Waals surface area contributed by atoms with Crippen molar-refractivity contribution in [2.24, 2.45) is 0 Å². The second kappa shape index (κ2) is 9.91. The van der Waals surface area contributed by atoms with Crippen LogP contribution in [0.2, 0.25) is 0 Å². The maximum Gasteiger partial charge on any atom is 0.262 e. The Balaban J connectivity index is 1.55. The average molecular weight is 426 g/mol. The molecule has 0 saturated heterocycles. The first-order valence-corrected chi connectivity index (χ1v) is 10.7. The van der Waals surface area contributed by atoms with Gasteiger partial charge in [0, 0.05) is 12.2 Å². The summed E-state index contributed by atoms with van der Waals surface area (Å²) in [5.41, 5.74) is 1.32. The van der Waals surface area contributed by atoms with Crippen molar-refractivity contribution in [1.29, 1.82) is 0 Å². The van der Waals surface area contributed by atoms with Crippen LogP contribution in [0.25, 0.3) is 0 Å². The van der Waals surface area contributed by atoms with Crippen LogP contribution in [-0.4, -0.2) is 28.0 Å². The Labute approximate surface area is 175 Å². The number of carbonyl (C=O) groups is 1. The molecular formula is C22H22N2O5S. The minimum atomic E-state index is -3.66. The fourth-order valence-electron chi connectivity index (χ4n) is 2.65. The van der Waals surface area contributed by atoms with Crippen LogP contribution in [0.15, 0.2) is 83.8 Å². The molecule has 0 atom stereocenters. The van der Waals surface area contributed by atoms with Gasteiger partial charge in [-0.05, 0) is 42.0 Å². The minimum absolute atomic E-state index is 0.113. The first-order chi connectivity index (χ1) is 14.5. The van der Waals surface area contributed by atoms with E-state index in [2.05, 4.69) is 10.0 Å². The van der Waals surface area contributed by atoms with Crippen molar-refractivity contribution < 1.29 is 22.7 Å². The van der Waals surface area contributed by atoms with Crippen molar-refractivity contribution in [3.8, 4) is 11.5 Å². The summed E-state index contributed by atoms with van der Waals surface area (Å²) in [4.78, 5) is 12.2. The van der Waals surface area contributed by atoms with E-state index in [1.54, 1.807) is 24.3 Å². The van der Waals surface area contributed by atoms with Gasteiger partial charge in [0.25, 0.3) is 5.91 Å². The van der Waals surface area contributed by atoms with Gasteiger partial charge in [-0.15, -0.1) is 0 Å². The number of para-hydroxylation sites is 2. The summed E-state index contributed by atoms with van der Waals surface area (Å²) in [5, 5.41) is 2.67. The van der Waals surface area contributed by atoms with E-state index in [4.69, 9.17) is 9.47 Å². The zero-order valence-corrected chi connectivity index (χ0v) is 17.2. The maximum atomic E-state index is 12.4. The van der Waals surface area contributed by atoms with E-state index in [9.17, 15) is 13.2 Å². The Morgan fingerprint density at radius 1 is 0.867 bits per heavy atom. The van der Waals surface area contributed by atoms with Crippen LogP contribution in [0.3, 0.4) is 0 Å². The highest BCUT2D eigenvalue weighted by Gasteiger charge is 2.14. The van der Waals surface area contributed by atoms with Crippen LogP contribution >= 0.6 is 0 Å². The lowest BCUT2D eigenvalue weighted by atomic mass is 10.2. The molecule has 0 saturated carbocycles. The van der Waals surface area contributed by atoms with E-state index < -0.39 is 10.0 Å². The van der Waals surface area contributed by atoms with Crippen LogP contribution in [0.5, 0.6) is 11.5 Å². The molecule has 0 spiro atoms. The van der Waals surface area contributed by atoms with Gasteiger partial charge < -0.3 is 14.8 Å². The Kier molecular flexibility index (Phi) is 7.05. The lowest BCUT2D eigenvalue weighted by Crippen LogP contribution is -2.23. The fourth-order valence-corrected chi connectivity index (χ4v) is 3.67. The summed E-state index contributed by atoms with van der Waals surface area (Å²) >= 11 is 0. The first kappa shape index (κ1) is 21.4. The Bertz CT molecular complexity index is 1080. The molecule has 3 rings (SSSR count). The van der Waals surface area contributed by atoms with Crippen LogP contribution in [0.4, 0.5) is 5.69 Å². The predicted molar refractivity (Wildman–Crippen MR) is 114 cm³/mol. The van der Waals surface area contributed by atoms with Gasteiger partial charge in [0.05, 0.1) is 12.0 Å². The SMILES string of the molecule is COc1ccccc1OCC(=O)Nc1ccc(S(=O)(=O)NCc2ccccc2)cc1. The molecule has 7 nitrogen and oxygen atoms in total. The summed E-state index contributed by atoms with van der Waals surface area (Å²) in [7, 11) is -2.14. The van der Waals surface area contributed by atoms with Crippen molar-refractivity contribution in [1.82, 2.24) is 4.72 Å². The van der Waals surface area contributed by atoms with E-state index in [1.165, 1.54) is 31.4 Å². The van der Waals surface area contributed by atoms with E-state index in [0.717, 1.165) is 5.56 Å². The molecule has 0 bridgehead atoms. The number of rotatable bonds is 9. The highest BCUT2D eigenvalue weighted by atomic mass is 32.2. The second-order valence-electron chi connectivity index (χ2n) is 6.32. The van der Waals surface area contributed by atoms with Gasteiger partial charge in [0.2, 0.25) is 10.0 Å². The van der Waals surface area contributed by atoms with Crippen molar-refractivity contribution in [3.05, 3.63) is 84.4 Å². The van der Waals surface area contributed by atoms with E-state index in [0.29, 0.717) is 17.2 Å². The third kappa shape index (κ3) is 5.82. The number of methoxy groups -OCH3 is 1. The summed E-state index contributed by atoms with van der Waals surface area (Å²) in [5.74, 6) is 0.614. The molecule has 0 aliphatic rings. The molecule has 0 fully saturated rings. The van der Waals surface area contributed by atoms with Gasteiger partial charge in [-0.25, -0.2) is 13.1 Å². The third-order valence-electron chi connectivity index (χ3n) is 4.19. The third-order valence-corrected chi connectivity index (χ3v) is 5.60. The Morgan fingerprint density at radius 3 is 2.17 bits per heavy atom. The number of carbonyl (C=O) groups excluding carboxylic acids is 1.